The number of nitrogens with zero attached hydrogens (tertiary/aromatic N) is 1. The number of hydrogen-bond donors (Lipinski definition) is 0. The van der Waals surface area contributed by atoms with Crippen molar-refractivity contribution in [2.45, 2.75) is 20.5 Å². The van der Waals surface area contributed by atoms with Crippen molar-refractivity contribution >= 4 is 17.6 Å². The summed E-state index contributed by atoms with van der Waals surface area (Å²) in [5.74, 6) is -0.129. The van der Waals surface area contributed by atoms with Gasteiger partial charge in [-0.15, -0.1) is 0 Å². The fourth-order valence-corrected chi connectivity index (χ4v) is 3.15. The van der Waals surface area contributed by atoms with E-state index in [0.29, 0.717) is 16.3 Å². The zero-order valence-corrected chi connectivity index (χ0v) is 16.0. The van der Waals surface area contributed by atoms with Crippen molar-refractivity contribution in [2.24, 2.45) is 0 Å². The molecule has 1 aromatic heterocycles. The van der Waals surface area contributed by atoms with Crippen LogP contribution in [0.15, 0.2) is 48.5 Å². The predicted molar refractivity (Wildman–Crippen MR) is 102 cm³/mol. The van der Waals surface area contributed by atoms with Gasteiger partial charge >= 0.3 is 5.97 Å². The van der Waals surface area contributed by atoms with Crippen molar-refractivity contribution in [1.82, 2.24) is 4.57 Å². The molecule has 0 amide bonds. The molecular weight excluding hydrogens is 369 g/mol. The number of rotatable bonds is 5. The van der Waals surface area contributed by atoms with Crippen LogP contribution in [0.1, 0.15) is 27.3 Å². The SMILES string of the molecule is COc1ccc(Cl)cc1-n1c(C)cc(C(=O)OCc2ccc(F)cc2)c1C. The first kappa shape index (κ1) is 19.0. The number of carbonyl (C=O) groups is 1. The van der Waals surface area contributed by atoms with E-state index in [1.165, 1.54) is 12.1 Å². The number of esters is 1. The standard InChI is InChI=1S/C21H19ClFNO3/c1-13-10-18(21(25)27-12-15-4-7-17(23)8-5-15)14(2)24(13)19-11-16(22)6-9-20(19)26-3/h4-11H,12H2,1-3H3. The molecule has 3 rings (SSSR count). The summed E-state index contributed by atoms with van der Waals surface area (Å²) in [5.41, 5.74) is 3.49. The Morgan fingerprint density at radius 2 is 1.81 bits per heavy atom. The van der Waals surface area contributed by atoms with Crippen molar-refractivity contribution in [3.05, 3.63) is 81.9 Å². The predicted octanol–water partition coefficient (Wildman–Crippen LogP) is 5.25. The maximum atomic E-state index is 13.0. The molecule has 2 aromatic carbocycles. The highest BCUT2D eigenvalue weighted by Gasteiger charge is 2.20. The van der Waals surface area contributed by atoms with E-state index in [0.717, 1.165) is 22.6 Å². The average molecular weight is 388 g/mol. The van der Waals surface area contributed by atoms with Crippen LogP contribution in [0.5, 0.6) is 5.75 Å². The third-order valence-electron chi connectivity index (χ3n) is 4.32. The van der Waals surface area contributed by atoms with Gasteiger partial charge in [0.05, 0.1) is 18.4 Å². The second kappa shape index (κ2) is 7.84. The van der Waals surface area contributed by atoms with Crippen LogP contribution in [-0.2, 0) is 11.3 Å². The highest BCUT2D eigenvalue weighted by molar-refractivity contribution is 6.30. The largest absolute Gasteiger partial charge is 0.495 e. The van der Waals surface area contributed by atoms with Gasteiger partial charge in [0, 0.05) is 16.4 Å². The van der Waals surface area contributed by atoms with Crippen LogP contribution >= 0.6 is 11.6 Å². The van der Waals surface area contributed by atoms with Crippen molar-refractivity contribution in [3.8, 4) is 11.4 Å². The maximum absolute atomic E-state index is 13.0. The number of carbonyl (C=O) groups excluding carboxylic acids is 1. The lowest BCUT2D eigenvalue weighted by molar-refractivity contribution is 0.0472. The molecule has 1 heterocycles. The molecule has 0 aliphatic carbocycles. The van der Waals surface area contributed by atoms with Gasteiger partial charge in [0.2, 0.25) is 0 Å². The van der Waals surface area contributed by atoms with E-state index >= 15 is 0 Å². The molecule has 27 heavy (non-hydrogen) atoms. The van der Waals surface area contributed by atoms with Crippen LogP contribution in [0, 0.1) is 19.7 Å². The van der Waals surface area contributed by atoms with Gasteiger partial charge in [-0.25, -0.2) is 9.18 Å². The van der Waals surface area contributed by atoms with E-state index in [2.05, 4.69) is 0 Å². The number of halogens is 2. The Labute approximate surface area is 162 Å². The molecule has 0 radical (unpaired) electrons. The molecule has 140 valence electrons. The summed E-state index contributed by atoms with van der Waals surface area (Å²) in [6.07, 6.45) is 0. The molecule has 0 fully saturated rings. The van der Waals surface area contributed by atoms with Gasteiger partial charge in [0.1, 0.15) is 18.2 Å². The molecule has 0 unspecified atom stereocenters. The van der Waals surface area contributed by atoms with E-state index in [1.54, 1.807) is 43.5 Å². The number of aromatic nitrogens is 1. The van der Waals surface area contributed by atoms with Gasteiger partial charge in [-0.05, 0) is 55.8 Å². The highest BCUT2D eigenvalue weighted by atomic mass is 35.5. The van der Waals surface area contributed by atoms with Crippen LogP contribution in [0.3, 0.4) is 0 Å². The van der Waals surface area contributed by atoms with Crippen LogP contribution in [-0.4, -0.2) is 17.6 Å². The van der Waals surface area contributed by atoms with Crippen LogP contribution in [0.25, 0.3) is 5.69 Å². The summed E-state index contributed by atoms with van der Waals surface area (Å²) in [4.78, 5) is 12.6. The Morgan fingerprint density at radius 3 is 2.48 bits per heavy atom. The van der Waals surface area contributed by atoms with Crippen molar-refractivity contribution < 1.29 is 18.7 Å². The summed E-state index contributed by atoms with van der Waals surface area (Å²) < 4.78 is 25.7. The molecule has 6 heteroatoms. The van der Waals surface area contributed by atoms with Crippen molar-refractivity contribution in [1.29, 1.82) is 0 Å². The number of ether oxygens (including phenoxy) is 2. The maximum Gasteiger partial charge on any atom is 0.340 e. The highest BCUT2D eigenvalue weighted by Crippen LogP contribution is 2.31. The molecule has 0 aliphatic rings. The lowest BCUT2D eigenvalue weighted by Crippen LogP contribution is -2.08. The minimum atomic E-state index is -0.445. The lowest BCUT2D eigenvalue weighted by atomic mass is 10.2. The van der Waals surface area contributed by atoms with E-state index in [1.807, 2.05) is 18.4 Å². The van der Waals surface area contributed by atoms with Gasteiger partial charge in [-0.3, -0.25) is 0 Å². The van der Waals surface area contributed by atoms with Crippen molar-refractivity contribution in [3.63, 3.8) is 0 Å². The molecule has 0 spiro atoms. The van der Waals surface area contributed by atoms with Crippen LogP contribution in [0.2, 0.25) is 5.02 Å². The second-order valence-corrected chi connectivity index (χ2v) is 6.58. The minimum absolute atomic E-state index is 0.0727. The average Bonchev–Trinajstić information content (AvgIpc) is 2.95. The molecule has 0 bridgehead atoms. The lowest BCUT2D eigenvalue weighted by Gasteiger charge is -2.14. The zero-order chi connectivity index (χ0) is 19.6. The van der Waals surface area contributed by atoms with Crippen LogP contribution in [0.4, 0.5) is 4.39 Å². The van der Waals surface area contributed by atoms with Gasteiger partial charge < -0.3 is 14.0 Å². The second-order valence-electron chi connectivity index (χ2n) is 6.14. The van der Waals surface area contributed by atoms with Gasteiger partial charge in [-0.2, -0.15) is 0 Å². The fourth-order valence-electron chi connectivity index (χ4n) is 2.99. The summed E-state index contributed by atoms with van der Waals surface area (Å²) in [5, 5.41) is 0.568. The quantitative estimate of drug-likeness (QED) is 0.561. The summed E-state index contributed by atoms with van der Waals surface area (Å²) in [6.45, 7) is 3.80. The normalized spacial score (nSPS) is 10.7. The smallest absolute Gasteiger partial charge is 0.340 e. The molecule has 0 N–H and O–H groups in total. The fraction of sp³-hybridized carbons (Fsp3) is 0.190. The van der Waals surface area contributed by atoms with E-state index < -0.39 is 5.97 Å². The third kappa shape index (κ3) is 3.98. The molecule has 0 saturated heterocycles. The Kier molecular flexibility index (Phi) is 5.51. The molecule has 4 nitrogen and oxygen atoms in total. The number of hydrogen-bond acceptors (Lipinski definition) is 3. The van der Waals surface area contributed by atoms with E-state index in [-0.39, 0.29) is 12.4 Å². The molecule has 0 saturated carbocycles. The summed E-state index contributed by atoms with van der Waals surface area (Å²) in [6, 6.07) is 12.9. The number of methoxy groups -OCH3 is 1. The minimum Gasteiger partial charge on any atom is -0.495 e. The summed E-state index contributed by atoms with van der Waals surface area (Å²) in [7, 11) is 1.58. The zero-order valence-electron chi connectivity index (χ0n) is 15.3. The first-order valence-corrected chi connectivity index (χ1v) is 8.73. The summed E-state index contributed by atoms with van der Waals surface area (Å²) >= 11 is 6.14. The van der Waals surface area contributed by atoms with E-state index in [4.69, 9.17) is 21.1 Å². The number of aryl methyl sites for hydroxylation is 1. The molecule has 0 atom stereocenters. The Balaban J connectivity index is 1.88. The Hall–Kier alpha value is -2.79. The first-order chi connectivity index (χ1) is 12.9. The Bertz CT molecular complexity index is 980. The van der Waals surface area contributed by atoms with E-state index in [9.17, 15) is 9.18 Å². The molecule has 0 aliphatic heterocycles. The third-order valence-corrected chi connectivity index (χ3v) is 4.55. The topological polar surface area (TPSA) is 40.5 Å². The van der Waals surface area contributed by atoms with Gasteiger partial charge in [-0.1, -0.05) is 23.7 Å². The Morgan fingerprint density at radius 1 is 1.11 bits per heavy atom. The van der Waals surface area contributed by atoms with Crippen molar-refractivity contribution in [2.75, 3.05) is 7.11 Å². The number of benzene rings is 2. The first-order valence-electron chi connectivity index (χ1n) is 8.35. The monoisotopic (exact) mass is 387 g/mol. The van der Waals surface area contributed by atoms with Gasteiger partial charge in [0.15, 0.2) is 0 Å². The van der Waals surface area contributed by atoms with Gasteiger partial charge in [0.25, 0.3) is 0 Å². The van der Waals surface area contributed by atoms with Crippen LogP contribution < -0.4 is 4.74 Å². The molecule has 3 aromatic rings. The molecular formula is C21H19ClFNO3.